The summed E-state index contributed by atoms with van der Waals surface area (Å²) in [6.45, 7) is 4.29. The molecule has 0 unspecified atom stereocenters. The van der Waals surface area contributed by atoms with Crippen molar-refractivity contribution >= 4 is 35.9 Å². The van der Waals surface area contributed by atoms with E-state index in [0.717, 1.165) is 50.2 Å². The van der Waals surface area contributed by atoms with E-state index in [2.05, 4.69) is 35.2 Å². The molecule has 2 aromatic rings. The molecule has 0 saturated carbocycles. The Hall–Kier alpha value is -1.91. The number of aliphatic imine (C=N–C) groups is 1. The van der Waals surface area contributed by atoms with Gasteiger partial charge in [0, 0.05) is 71.0 Å². The zero-order valence-electron chi connectivity index (χ0n) is 14.0. The molecule has 1 fully saturated rings. The number of nitrogens with zero attached hydrogens (tertiary/aromatic N) is 7. The molecule has 0 spiro atoms. The quantitative estimate of drug-likeness (QED) is 0.429. The van der Waals surface area contributed by atoms with E-state index in [4.69, 9.17) is 0 Å². The molecule has 3 rings (SSSR count). The summed E-state index contributed by atoms with van der Waals surface area (Å²) in [5, 5.41) is 7.58. The van der Waals surface area contributed by atoms with Crippen LogP contribution in [0.5, 0.6) is 0 Å². The molecule has 8 nitrogen and oxygen atoms in total. The Morgan fingerprint density at radius 3 is 2.50 bits per heavy atom. The lowest BCUT2D eigenvalue weighted by Crippen LogP contribution is -2.52. The van der Waals surface area contributed by atoms with Crippen LogP contribution < -0.4 is 10.2 Å². The van der Waals surface area contributed by atoms with Crippen LogP contribution in [0.15, 0.2) is 35.8 Å². The molecule has 2 aromatic heterocycles. The van der Waals surface area contributed by atoms with Crippen LogP contribution in [0, 0.1) is 0 Å². The molecule has 9 heteroatoms. The summed E-state index contributed by atoms with van der Waals surface area (Å²) in [5.74, 6) is 1.72. The third kappa shape index (κ3) is 4.56. The fourth-order valence-electron chi connectivity index (χ4n) is 2.65. The first-order chi connectivity index (χ1) is 11.3. The van der Waals surface area contributed by atoms with Crippen molar-refractivity contribution < 1.29 is 0 Å². The summed E-state index contributed by atoms with van der Waals surface area (Å²) in [4.78, 5) is 17.5. The van der Waals surface area contributed by atoms with Crippen molar-refractivity contribution in [2.45, 2.75) is 6.54 Å². The molecular weight excluding hydrogens is 419 g/mol. The lowest BCUT2D eigenvalue weighted by molar-refractivity contribution is 0.370. The van der Waals surface area contributed by atoms with E-state index in [1.807, 2.05) is 32.6 Å². The van der Waals surface area contributed by atoms with Gasteiger partial charge in [0.05, 0.1) is 6.20 Å². The van der Waals surface area contributed by atoms with Gasteiger partial charge in [0.15, 0.2) is 5.96 Å². The maximum Gasteiger partial charge on any atom is 0.225 e. The van der Waals surface area contributed by atoms with Crippen LogP contribution in [0.2, 0.25) is 0 Å². The molecule has 1 aliphatic rings. The lowest BCUT2D eigenvalue weighted by atomic mass is 10.3. The first-order valence-electron chi connectivity index (χ1n) is 7.71. The van der Waals surface area contributed by atoms with Crippen molar-refractivity contribution in [3.8, 4) is 0 Å². The van der Waals surface area contributed by atoms with Crippen molar-refractivity contribution in [2.75, 3.05) is 38.1 Å². The third-order valence-electron chi connectivity index (χ3n) is 3.83. The normalized spacial score (nSPS) is 15.2. The van der Waals surface area contributed by atoms with Gasteiger partial charge in [-0.2, -0.15) is 5.10 Å². The van der Waals surface area contributed by atoms with Gasteiger partial charge in [0.1, 0.15) is 0 Å². The number of aryl methyl sites for hydroxylation is 1. The topological polar surface area (TPSA) is 74.5 Å². The molecule has 0 atom stereocenters. The lowest BCUT2D eigenvalue weighted by Gasteiger charge is -2.36. The number of halogens is 1. The number of aromatic nitrogens is 4. The first-order valence-corrected chi connectivity index (χ1v) is 7.71. The molecule has 0 radical (unpaired) electrons. The molecule has 0 aromatic carbocycles. The van der Waals surface area contributed by atoms with Crippen molar-refractivity contribution in [2.24, 2.45) is 12.0 Å². The number of nitrogens with one attached hydrogen (secondary N) is 1. The van der Waals surface area contributed by atoms with Gasteiger partial charge in [0.2, 0.25) is 5.95 Å². The van der Waals surface area contributed by atoms with Gasteiger partial charge >= 0.3 is 0 Å². The number of guanidine groups is 1. The molecule has 3 heterocycles. The second-order valence-corrected chi connectivity index (χ2v) is 5.45. The van der Waals surface area contributed by atoms with Gasteiger partial charge in [-0.05, 0) is 6.07 Å². The van der Waals surface area contributed by atoms with E-state index in [-0.39, 0.29) is 24.0 Å². The molecular formula is C15H23IN8. The Morgan fingerprint density at radius 2 is 1.92 bits per heavy atom. The van der Waals surface area contributed by atoms with Crippen LogP contribution in [0.1, 0.15) is 5.56 Å². The standard InChI is InChI=1S/C15H22N8.HI/c1-16-14(19-10-13-11-20-21(2)12-13)22-6-8-23(9-7-22)15-17-4-3-5-18-15;/h3-5,11-12H,6-10H2,1-2H3,(H,16,19);1H. The minimum Gasteiger partial charge on any atom is -0.352 e. The maximum absolute atomic E-state index is 4.39. The summed E-state index contributed by atoms with van der Waals surface area (Å²) in [6, 6.07) is 1.84. The van der Waals surface area contributed by atoms with Crippen LogP contribution in [0.3, 0.4) is 0 Å². The summed E-state index contributed by atoms with van der Waals surface area (Å²) in [6.07, 6.45) is 7.43. The van der Waals surface area contributed by atoms with Crippen molar-refractivity contribution in [3.63, 3.8) is 0 Å². The average Bonchev–Trinajstić information content (AvgIpc) is 3.02. The molecule has 0 aliphatic carbocycles. The van der Waals surface area contributed by atoms with E-state index in [1.165, 1.54) is 0 Å². The summed E-state index contributed by atoms with van der Waals surface area (Å²) >= 11 is 0. The zero-order chi connectivity index (χ0) is 16.1. The maximum atomic E-state index is 4.39. The van der Waals surface area contributed by atoms with E-state index in [9.17, 15) is 0 Å². The van der Waals surface area contributed by atoms with Gasteiger partial charge in [-0.3, -0.25) is 9.67 Å². The fraction of sp³-hybridized carbons (Fsp3) is 0.467. The molecule has 130 valence electrons. The van der Waals surface area contributed by atoms with Gasteiger partial charge in [-0.1, -0.05) is 0 Å². The average molecular weight is 442 g/mol. The Balaban J connectivity index is 0.00000208. The second kappa shape index (κ2) is 8.81. The van der Waals surface area contributed by atoms with Crippen LogP contribution in [0.4, 0.5) is 5.95 Å². The predicted molar refractivity (Wildman–Crippen MR) is 105 cm³/mol. The van der Waals surface area contributed by atoms with Crippen molar-refractivity contribution in [1.82, 2.24) is 30.0 Å². The molecule has 1 N–H and O–H groups in total. The number of rotatable bonds is 3. The van der Waals surface area contributed by atoms with E-state index < -0.39 is 0 Å². The predicted octanol–water partition coefficient (Wildman–Crippen LogP) is 0.726. The SMILES string of the molecule is CN=C(NCc1cnn(C)c1)N1CCN(c2ncccn2)CC1.I. The van der Waals surface area contributed by atoms with E-state index >= 15 is 0 Å². The summed E-state index contributed by atoms with van der Waals surface area (Å²) < 4.78 is 1.80. The number of hydrogen-bond acceptors (Lipinski definition) is 5. The number of anilines is 1. The van der Waals surface area contributed by atoms with Gasteiger partial charge in [0.25, 0.3) is 0 Å². The van der Waals surface area contributed by atoms with Crippen LogP contribution >= 0.6 is 24.0 Å². The molecule has 1 aliphatic heterocycles. The van der Waals surface area contributed by atoms with Gasteiger partial charge in [-0.25, -0.2) is 9.97 Å². The van der Waals surface area contributed by atoms with Crippen molar-refractivity contribution in [1.29, 1.82) is 0 Å². The van der Waals surface area contributed by atoms with E-state index in [1.54, 1.807) is 17.1 Å². The highest BCUT2D eigenvalue weighted by molar-refractivity contribution is 14.0. The Labute approximate surface area is 159 Å². The Kier molecular flexibility index (Phi) is 6.76. The number of piperazine rings is 1. The zero-order valence-corrected chi connectivity index (χ0v) is 16.3. The monoisotopic (exact) mass is 442 g/mol. The first kappa shape index (κ1) is 18.4. The summed E-state index contributed by atoms with van der Waals surface area (Å²) in [5.41, 5.74) is 1.14. The van der Waals surface area contributed by atoms with Gasteiger partial charge in [-0.15, -0.1) is 24.0 Å². The third-order valence-corrected chi connectivity index (χ3v) is 3.83. The summed E-state index contributed by atoms with van der Waals surface area (Å²) in [7, 11) is 3.74. The highest BCUT2D eigenvalue weighted by Crippen LogP contribution is 2.09. The molecule has 0 bridgehead atoms. The van der Waals surface area contributed by atoms with Crippen LogP contribution in [-0.4, -0.2) is 63.8 Å². The van der Waals surface area contributed by atoms with E-state index in [0.29, 0.717) is 0 Å². The van der Waals surface area contributed by atoms with Crippen LogP contribution in [0.25, 0.3) is 0 Å². The molecule has 24 heavy (non-hydrogen) atoms. The molecule has 0 amide bonds. The Bertz CT molecular complexity index is 649. The van der Waals surface area contributed by atoms with Crippen molar-refractivity contribution in [3.05, 3.63) is 36.4 Å². The van der Waals surface area contributed by atoms with Crippen LogP contribution in [-0.2, 0) is 13.6 Å². The number of hydrogen-bond donors (Lipinski definition) is 1. The largest absolute Gasteiger partial charge is 0.352 e. The smallest absolute Gasteiger partial charge is 0.225 e. The fourth-order valence-corrected chi connectivity index (χ4v) is 2.65. The second-order valence-electron chi connectivity index (χ2n) is 5.45. The minimum absolute atomic E-state index is 0. The minimum atomic E-state index is 0. The highest BCUT2D eigenvalue weighted by atomic mass is 127. The highest BCUT2D eigenvalue weighted by Gasteiger charge is 2.20. The van der Waals surface area contributed by atoms with Gasteiger partial charge < -0.3 is 15.1 Å². The Morgan fingerprint density at radius 1 is 1.21 bits per heavy atom. The molecule has 1 saturated heterocycles.